The summed E-state index contributed by atoms with van der Waals surface area (Å²) in [6.45, 7) is 7.96. The Morgan fingerprint density at radius 2 is 1.53 bits per heavy atom. The van der Waals surface area contributed by atoms with Gasteiger partial charge in [-0.1, -0.05) is 12.1 Å². The van der Waals surface area contributed by atoms with Crippen molar-refractivity contribution in [1.29, 1.82) is 0 Å². The van der Waals surface area contributed by atoms with Gasteiger partial charge in [-0.25, -0.2) is 4.39 Å². The van der Waals surface area contributed by atoms with Crippen molar-refractivity contribution in [3.63, 3.8) is 0 Å². The van der Waals surface area contributed by atoms with Crippen LogP contribution < -0.4 is 0 Å². The lowest BCUT2D eigenvalue weighted by atomic mass is 9.89. The van der Waals surface area contributed by atoms with Gasteiger partial charge in [-0.15, -0.1) is 0 Å². The molecule has 1 saturated heterocycles. The SMILES string of the molecule is CC1(C)OB(/C=C/C2(F)CC2)OC1(C)C. The van der Waals surface area contributed by atoms with Gasteiger partial charge in [-0.2, -0.15) is 0 Å². The topological polar surface area (TPSA) is 18.5 Å². The van der Waals surface area contributed by atoms with Gasteiger partial charge in [-0.05, 0) is 40.5 Å². The summed E-state index contributed by atoms with van der Waals surface area (Å²) in [6.07, 6.45) is 2.83. The Balaban J connectivity index is 2.00. The Labute approximate surface area is 91.0 Å². The van der Waals surface area contributed by atoms with Crippen molar-refractivity contribution in [1.82, 2.24) is 0 Å². The normalized spacial score (nSPS) is 31.1. The number of alkyl halides is 1. The minimum atomic E-state index is -1.08. The lowest BCUT2D eigenvalue weighted by Gasteiger charge is -2.32. The van der Waals surface area contributed by atoms with E-state index in [4.69, 9.17) is 9.31 Å². The quantitative estimate of drug-likeness (QED) is 0.655. The third-order valence-electron chi connectivity index (χ3n) is 3.55. The van der Waals surface area contributed by atoms with Gasteiger partial charge in [0.2, 0.25) is 0 Å². The van der Waals surface area contributed by atoms with Crippen LogP contribution in [-0.4, -0.2) is 24.0 Å². The second-order valence-electron chi connectivity index (χ2n) is 5.52. The molecule has 0 atom stereocenters. The van der Waals surface area contributed by atoms with Gasteiger partial charge in [0.1, 0.15) is 5.67 Å². The Morgan fingerprint density at radius 1 is 1.07 bits per heavy atom. The van der Waals surface area contributed by atoms with E-state index in [1.807, 2.05) is 27.7 Å². The van der Waals surface area contributed by atoms with Gasteiger partial charge in [0.05, 0.1) is 11.2 Å². The van der Waals surface area contributed by atoms with E-state index in [9.17, 15) is 4.39 Å². The standard InChI is InChI=1S/C11H18BFO2/c1-9(2)10(3,4)15-12(14-9)8-7-11(13)5-6-11/h7-8H,5-6H2,1-4H3/b8-7+. The summed E-state index contributed by atoms with van der Waals surface area (Å²) in [5, 5.41) is 0. The number of rotatable bonds is 2. The molecular formula is C11H18BFO2. The molecule has 84 valence electrons. The van der Waals surface area contributed by atoms with Crippen molar-refractivity contribution < 1.29 is 13.7 Å². The molecule has 15 heavy (non-hydrogen) atoms. The third-order valence-corrected chi connectivity index (χ3v) is 3.55. The van der Waals surface area contributed by atoms with Crippen LogP contribution in [0.25, 0.3) is 0 Å². The zero-order valence-electron chi connectivity index (χ0n) is 9.84. The average molecular weight is 212 g/mol. The van der Waals surface area contributed by atoms with Crippen LogP contribution in [-0.2, 0) is 9.31 Å². The minimum Gasteiger partial charge on any atom is -0.400 e. The van der Waals surface area contributed by atoms with Crippen LogP contribution in [0.4, 0.5) is 4.39 Å². The molecule has 2 fully saturated rings. The Bertz CT molecular complexity index is 279. The van der Waals surface area contributed by atoms with Crippen molar-refractivity contribution in [2.45, 2.75) is 57.4 Å². The summed E-state index contributed by atoms with van der Waals surface area (Å²) in [5.74, 6) is 1.70. The molecule has 0 N–H and O–H groups in total. The zero-order valence-corrected chi connectivity index (χ0v) is 9.84. The maximum atomic E-state index is 13.3. The zero-order chi connectivity index (χ0) is 11.3. The largest absolute Gasteiger partial charge is 0.486 e. The summed E-state index contributed by atoms with van der Waals surface area (Å²) in [6, 6.07) is 0. The first-order chi connectivity index (χ1) is 6.74. The maximum absolute atomic E-state index is 13.3. The highest BCUT2D eigenvalue weighted by Gasteiger charge is 2.50. The second-order valence-corrected chi connectivity index (χ2v) is 5.52. The first-order valence-electron chi connectivity index (χ1n) is 5.48. The highest BCUT2D eigenvalue weighted by molar-refractivity contribution is 6.51. The number of hydrogen-bond donors (Lipinski definition) is 0. The molecule has 0 aromatic rings. The molecule has 0 aromatic carbocycles. The van der Waals surface area contributed by atoms with Crippen molar-refractivity contribution in [3.05, 3.63) is 12.1 Å². The molecule has 2 nitrogen and oxygen atoms in total. The van der Waals surface area contributed by atoms with Crippen LogP contribution in [0.1, 0.15) is 40.5 Å². The maximum Gasteiger partial charge on any atom is 0.486 e. The van der Waals surface area contributed by atoms with Crippen LogP contribution in [0, 0.1) is 0 Å². The molecule has 4 heteroatoms. The van der Waals surface area contributed by atoms with E-state index in [0.717, 1.165) is 0 Å². The van der Waals surface area contributed by atoms with Crippen molar-refractivity contribution in [2.24, 2.45) is 0 Å². The molecule has 0 bridgehead atoms. The molecule has 1 heterocycles. The summed E-state index contributed by atoms with van der Waals surface area (Å²) < 4.78 is 24.8. The Kier molecular flexibility index (Phi) is 2.29. The Hall–Kier alpha value is -0.345. The van der Waals surface area contributed by atoms with Crippen LogP contribution in [0.2, 0.25) is 0 Å². The predicted molar refractivity (Wildman–Crippen MR) is 58.3 cm³/mol. The van der Waals surface area contributed by atoms with E-state index in [1.165, 1.54) is 0 Å². The van der Waals surface area contributed by atoms with E-state index in [2.05, 4.69) is 0 Å². The van der Waals surface area contributed by atoms with Crippen molar-refractivity contribution in [2.75, 3.05) is 0 Å². The molecule has 1 saturated carbocycles. The van der Waals surface area contributed by atoms with E-state index >= 15 is 0 Å². The summed E-state index contributed by atoms with van der Waals surface area (Å²) in [5.41, 5.74) is -1.76. The highest BCUT2D eigenvalue weighted by atomic mass is 19.1. The molecule has 0 radical (unpaired) electrons. The first-order valence-corrected chi connectivity index (χ1v) is 5.48. The fraction of sp³-hybridized carbons (Fsp3) is 0.818. The van der Waals surface area contributed by atoms with Gasteiger partial charge >= 0.3 is 7.12 Å². The van der Waals surface area contributed by atoms with E-state index in [0.29, 0.717) is 12.8 Å². The summed E-state index contributed by atoms with van der Waals surface area (Å²) >= 11 is 0. The van der Waals surface area contributed by atoms with Gasteiger partial charge in [0.25, 0.3) is 0 Å². The Morgan fingerprint density at radius 3 is 1.93 bits per heavy atom. The van der Waals surface area contributed by atoms with Gasteiger partial charge in [0.15, 0.2) is 0 Å². The smallest absolute Gasteiger partial charge is 0.400 e. The first kappa shape index (κ1) is 11.1. The van der Waals surface area contributed by atoms with E-state index in [1.54, 1.807) is 12.1 Å². The molecule has 0 amide bonds. The van der Waals surface area contributed by atoms with Gasteiger partial charge in [-0.3, -0.25) is 0 Å². The van der Waals surface area contributed by atoms with Gasteiger partial charge < -0.3 is 9.31 Å². The van der Waals surface area contributed by atoms with E-state index < -0.39 is 12.8 Å². The van der Waals surface area contributed by atoms with Crippen molar-refractivity contribution in [3.8, 4) is 0 Å². The number of halogens is 1. The van der Waals surface area contributed by atoms with Crippen LogP contribution in [0.3, 0.4) is 0 Å². The minimum absolute atomic E-state index is 0.338. The number of allylic oxidation sites excluding steroid dienone is 1. The molecule has 2 rings (SSSR count). The fourth-order valence-electron chi connectivity index (χ4n) is 1.50. The fourth-order valence-corrected chi connectivity index (χ4v) is 1.50. The molecule has 1 aliphatic heterocycles. The van der Waals surface area contributed by atoms with Crippen LogP contribution in [0.15, 0.2) is 12.1 Å². The molecule has 1 aliphatic carbocycles. The molecule has 0 aromatic heterocycles. The molecular weight excluding hydrogens is 194 g/mol. The lowest BCUT2D eigenvalue weighted by molar-refractivity contribution is 0.00578. The second kappa shape index (κ2) is 3.08. The van der Waals surface area contributed by atoms with Crippen molar-refractivity contribution >= 4 is 7.12 Å². The van der Waals surface area contributed by atoms with E-state index in [-0.39, 0.29) is 11.2 Å². The summed E-state index contributed by atoms with van der Waals surface area (Å²) in [4.78, 5) is 0. The summed E-state index contributed by atoms with van der Waals surface area (Å²) in [7, 11) is -0.414. The molecule has 0 spiro atoms. The average Bonchev–Trinajstić information content (AvgIpc) is 2.74. The molecule has 0 unspecified atom stereocenters. The van der Waals surface area contributed by atoms with Gasteiger partial charge in [0, 0.05) is 0 Å². The van der Waals surface area contributed by atoms with Crippen LogP contribution in [0.5, 0.6) is 0 Å². The van der Waals surface area contributed by atoms with Crippen LogP contribution >= 0.6 is 0 Å². The predicted octanol–water partition coefficient (Wildman–Crippen LogP) is 2.68. The highest BCUT2D eigenvalue weighted by Crippen LogP contribution is 2.42. The number of hydrogen-bond acceptors (Lipinski definition) is 2. The lowest BCUT2D eigenvalue weighted by Crippen LogP contribution is -2.41. The molecule has 2 aliphatic rings. The monoisotopic (exact) mass is 212 g/mol. The third kappa shape index (κ3) is 2.11.